The number of piperazine rings is 1. The van der Waals surface area contributed by atoms with Crippen LogP contribution in [0, 0.1) is 0 Å². The van der Waals surface area contributed by atoms with Crippen LogP contribution in [0.15, 0.2) is 64.4 Å². The number of amides is 1. The number of carbonyl (C=O) groups is 1. The van der Waals surface area contributed by atoms with Crippen molar-refractivity contribution >= 4 is 42.6 Å². The summed E-state index contributed by atoms with van der Waals surface area (Å²) >= 11 is 1.10. The van der Waals surface area contributed by atoms with Crippen molar-refractivity contribution in [2.75, 3.05) is 24.5 Å². The number of hydrogen-bond acceptors (Lipinski definition) is 9. The SMILES string of the molecule is CCC(C)(C)c1ccc(CNC(=O)[C@H]2CN(c3nc4cn[nH]c(=O)c4s3)CCN2S(=O)(=O)c2ccc(OC(F)(F)F)cc2)cc1. The minimum absolute atomic E-state index is 0.0131. The number of thiazole rings is 1. The van der Waals surface area contributed by atoms with Crippen LogP contribution in [-0.2, 0) is 26.8 Å². The number of aromatic nitrogens is 3. The highest BCUT2D eigenvalue weighted by molar-refractivity contribution is 7.89. The Morgan fingerprint density at radius 3 is 2.42 bits per heavy atom. The second-order valence-corrected chi connectivity index (χ2v) is 14.0. The molecule has 0 saturated carbocycles. The normalized spacial score (nSPS) is 16.6. The van der Waals surface area contributed by atoms with Crippen molar-refractivity contribution in [2.45, 2.75) is 56.5 Å². The Labute approximate surface area is 261 Å². The zero-order valence-electron chi connectivity index (χ0n) is 24.6. The third-order valence-corrected chi connectivity index (χ3v) is 10.9. The summed E-state index contributed by atoms with van der Waals surface area (Å²) in [5.74, 6) is -1.15. The van der Waals surface area contributed by atoms with Crippen LogP contribution in [0.4, 0.5) is 18.3 Å². The van der Waals surface area contributed by atoms with Gasteiger partial charge in [-0.3, -0.25) is 9.59 Å². The molecule has 1 aliphatic rings. The van der Waals surface area contributed by atoms with E-state index in [9.17, 15) is 31.2 Å². The fraction of sp³-hybridized carbons (Fsp3) is 0.379. The fourth-order valence-corrected chi connectivity index (χ4v) is 7.42. The molecule has 2 N–H and O–H groups in total. The predicted molar refractivity (Wildman–Crippen MR) is 163 cm³/mol. The molecule has 11 nitrogen and oxygen atoms in total. The third-order valence-electron chi connectivity index (χ3n) is 7.86. The summed E-state index contributed by atoms with van der Waals surface area (Å²) in [6.45, 7) is 6.45. The molecule has 0 radical (unpaired) electrons. The standard InChI is InChI=1S/C29H31F3N6O5S2/c1-4-28(2,3)19-7-5-18(6-8-19)15-33-25(39)23-17-37(27-35-22-16-34-36-26(40)24(22)44-27)13-14-38(23)45(41,42)21-11-9-20(10-12-21)43-29(30,31)32/h5-12,16,23H,4,13-15,17H2,1-3H3,(H,33,39)(H,36,40)/t23-/m1/s1. The molecule has 0 unspecified atom stereocenters. The lowest BCUT2D eigenvalue weighted by Gasteiger charge is -2.39. The van der Waals surface area contributed by atoms with E-state index in [1.807, 2.05) is 24.3 Å². The number of nitrogens with zero attached hydrogens (tertiary/aromatic N) is 4. The Morgan fingerprint density at radius 2 is 1.80 bits per heavy atom. The van der Waals surface area contributed by atoms with Gasteiger partial charge in [-0.2, -0.15) is 9.40 Å². The number of sulfonamides is 1. The number of benzene rings is 2. The molecule has 1 fully saturated rings. The molecule has 4 aromatic rings. The number of H-pyrrole nitrogens is 1. The molecule has 3 heterocycles. The number of nitrogens with one attached hydrogen (secondary N) is 2. The van der Waals surface area contributed by atoms with Crippen molar-refractivity contribution in [2.24, 2.45) is 0 Å². The number of fused-ring (bicyclic) bond motifs is 1. The average Bonchev–Trinajstić information content (AvgIpc) is 3.45. The van der Waals surface area contributed by atoms with Gasteiger partial charge in [-0.05, 0) is 47.2 Å². The van der Waals surface area contributed by atoms with Gasteiger partial charge in [0.2, 0.25) is 15.9 Å². The quantitative estimate of drug-likeness (QED) is 0.272. The van der Waals surface area contributed by atoms with E-state index >= 15 is 0 Å². The van der Waals surface area contributed by atoms with Gasteiger partial charge in [-0.25, -0.2) is 18.5 Å². The van der Waals surface area contributed by atoms with Crippen LogP contribution in [0.3, 0.4) is 0 Å². The summed E-state index contributed by atoms with van der Waals surface area (Å²) in [4.78, 5) is 31.8. The molecule has 1 amide bonds. The molecule has 2 aromatic heterocycles. The van der Waals surface area contributed by atoms with Gasteiger partial charge in [0.25, 0.3) is 5.56 Å². The van der Waals surface area contributed by atoms with E-state index in [-0.39, 0.29) is 36.5 Å². The zero-order valence-corrected chi connectivity index (χ0v) is 26.2. The first kappa shape index (κ1) is 32.4. The summed E-state index contributed by atoms with van der Waals surface area (Å²) in [6.07, 6.45) is -2.59. The molecule has 0 bridgehead atoms. The molecule has 0 spiro atoms. The monoisotopic (exact) mass is 664 g/mol. The lowest BCUT2D eigenvalue weighted by atomic mass is 9.82. The van der Waals surface area contributed by atoms with E-state index in [4.69, 9.17) is 0 Å². The summed E-state index contributed by atoms with van der Waals surface area (Å²) in [5.41, 5.74) is 1.90. The maximum absolute atomic E-state index is 13.8. The highest BCUT2D eigenvalue weighted by Gasteiger charge is 2.41. The predicted octanol–water partition coefficient (Wildman–Crippen LogP) is 4.16. The van der Waals surface area contributed by atoms with Gasteiger partial charge < -0.3 is 15.0 Å². The number of carbonyl (C=O) groups excluding carboxylic acids is 1. The molecule has 1 aliphatic heterocycles. The molecule has 1 atom stereocenters. The van der Waals surface area contributed by atoms with Crippen LogP contribution in [-0.4, -0.2) is 65.9 Å². The summed E-state index contributed by atoms with van der Waals surface area (Å²) in [7, 11) is -4.33. The topological polar surface area (TPSA) is 138 Å². The highest BCUT2D eigenvalue weighted by atomic mass is 32.2. The molecular weight excluding hydrogens is 633 g/mol. The van der Waals surface area contributed by atoms with Gasteiger partial charge in [0.1, 0.15) is 22.0 Å². The lowest BCUT2D eigenvalue weighted by molar-refractivity contribution is -0.274. The number of ether oxygens (including phenoxy) is 1. The van der Waals surface area contributed by atoms with Gasteiger partial charge in [0.15, 0.2) is 5.13 Å². The summed E-state index contributed by atoms with van der Waals surface area (Å²) in [5, 5.41) is 9.37. The molecule has 0 aliphatic carbocycles. The fourth-order valence-electron chi connectivity index (χ4n) is 4.88. The number of rotatable bonds is 9. The van der Waals surface area contributed by atoms with Crippen LogP contribution in [0.1, 0.15) is 38.3 Å². The number of hydrogen-bond donors (Lipinski definition) is 2. The highest BCUT2D eigenvalue weighted by Crippen LogP contribution is 2.31. The number of anilines is 1. The Bertz CT molecular complexity index is 1840. The lowest BCUT2D eigenvalue weighted by Crippen LogP contribution is -2.60. The Kier molecular flexibility index (Phi) is 8.92. The molecule has 2 aromatic carbocycles. The van der Waals surface area contributed by atoms with Crippen molar-refractivity contribution in [1.29, 1.82) is 0 Å². The summed E-state index contributed by atoms with van der Waals surface area (Å²) < 4.78 is 70.7. The molecular formula is C29H31F3N6O5S2. The smallest absolute Gasteiger partial charge is 0.406 e. The largest absolute Gasteiger partial charge is 0.573 e. The van der Waals surface area contributed by atoms with Crippen LogP contribution < -0.4 is 20.5 Å². The number of halogens is 3. The Morgan fingerprint density at radius 1 is 1.11 bits per heavy atom. The molecule has 1 saturated heterocycles. The van der Waals surface area contributed by atoms with Gasteiger partial charge in [0.05, 0.1) is 11.1 Å². The third kappa shape index (κ3) is 7.12. The van der Waals surface area contributed by atoms with Crippen LogP contribution in [0.2, 0.25) is 0 Å². The van der Waals surface area contributed by atoms with Crippen LogP contribution in [0.25, 0.3) is 10.2 Å². The maximum Gasteiger partial charge on any atom is 0.573 e. The minimum Gasteiger partial charge on any atom is -0.406 e. The molecule has 5 rings (SSSR count). The van der Waals surface area contributed by atoms with Crippen LogP contribution in [0.5, 0.6) is 5.75 Å². The first-order chi connectivity index (χ1) is 21.2. The van der Waals surface area contributed by atoms with E-state index < -0.39 is 39.6 Å². The van der Waals surface area contributed by atoms with Crippen molar-refractivity contribution in [3.8, 4) is 5.75 Å². The van der Waals surface area contributed by atoms with Crippen molar-refractivity contribution in [3.63, 3.8) is 0 Å². The summed E-state index contributed by atoms with van der Waals surface area (Å²) in [6, 6.07) is 10.4. The van der Waals surface area contributed by atoms with Crippen molar-refractivity contribution in [1.82, 2.24) is 24.8 Å². The Balaban J connectivity index is 1.40. The van der Waals surface area contributed by atoms with E-state index in [1.54, 1.807) is 4.90 Å². The number of aromatic amines is 1. The van der Waals surface area contributed by atoms with Gasteiger partial charge >= 0.3 is 6.36 Å². The first-order valence-electron chi connectivity index (χ1n) is 14.0. The Hall–Kier alpha value is -4.02. The minimum atomic E-state index is -4.94. The van der Waals surface area contributed by atoms with E-state index in [1.165, 1.54) is 6.20 Å². The van der Waals surface area contributed by atoms with E-state index in [2.05, 4.69) is 46.0 Å². The second-order valence-electron chi connectivity index (χ2n) is 11.2. The van der Waals surface area contributed by atoms with Gasteiger partial charge in [-0.15, -0.1) is 13.2 Å². The zero-order chi connectivity index (χ0) is 32.6. The van der Waals surface area contributed by atoms with Crippen LogP contribution >= 0.6 is 11.3 Å². The molecule has 16 heteroatoms. The van der Waals surface area contributed by atoms with Gasteiger partial charge in [-0.1, -0.05) is 56.4 Å². The van der Waals surface area contributed by atoms with E-state index in [0.29, 0.717) is 15.3 Å². The number of alkyl halides is 3. The second kappa shape index (κ2) is 12.4. The van der Waals surface area contributed by atoms with E-state index in [0.717, 1.165) is 57.5 Å². The maximum atomic E-state index is 13.8. The van der Waals surface area contributed by atoms with Gasteiger partial charge in [0, 0.05) is 26.2 Å². The van der Waals surface area contributed by atoms with Crippen molar-refractivity contribution < 1.29 is 31.1 Å². The average molecular weight is 665 g/mol. The first-order valence-corrected chi connectivity index (χ1v) is 16.3. The molecule has 240 valence electrons. The molecule has 45 heavy (non-hydrogen) atoms. The van der Waals surface area contributed by atoms with Crippen molar-refractivity contribution in [3.05, 3.63) is 76.2 Å².